The lowest BCUT2D eigenvalue weighted by Gasteiger charge is -2.10. The molecule has 1 aromatic carbocycles. The van der Waals surface area contributed by atoms with E-state index in [2.05, 4.69) is 10.3 Å². The summed E-state index contributed by atoms with van der Waals surface area (Å²) in [5.41, 5.74) is 1.48. The normalized spacial score (nSPS) is 10.4. The number of hydrogen-bond acceptors (Lipinski definition) is 3. The number of nitrogens with zero attached hydrogens (tertiary/aromatic N) is 1. The van der Waals surface area contributed by atoms with Gasteiger partial charge >= 0.3 is 0 Å². The number of nitrogens with one attached hydrogen (secondary N) is 1. The van der Waals surface area contributed by atoms with E-state index >= 15 is 0 Å². The number of halogens is 2. The molecule has 2 aromatic rings. The lowest BCUT2D eigenvalue weighted by Crippen LogP contribution is -2.05. The summed E-state index contributed by atoms with van der Waals surface area (Å²) in [6.07, 6.45) is 3.09. The molecule has 0 unspecified atom stereocenters. The predicted octanol–water partition coefficient (Wildman–Crippen LogP) is 2.46. The molecule has 2 N–H and O–H groups in total. The van der Waals surface area contributed by atoms with Crippen LogP contribution in [0.5, 0.6) is 0 Å². The Morgan fingerprint density at radius 2 is 2.00 bits per heavy atom. The average molecular weight is 250 g/mol. The van der Waals surface area contributed by atoms with Crippen molar-refractivity contribution in [2.45, 2.75) is 13.2 Å². The van der Waals surface area contributed by atoms with E-state index in [1.54, 1.807) is 12.3 Å². The van der Waals surface area contributed by atoms with Gasteiger partial charge in [0.1, 0.15) is 11.6 Å². The fourth-order valence-electron chi connectivity index (χ4n) is 1.59. The Morgan fingerprint density at radius 1 is 1.17 bits per heavy atom. The van der Waals surface area contributed by atoms with Crippen LogP contribution in [0, 0.1) is 11.6 Å². The molecule has 0 atom stereocenters. The summed E-state index contributed by atoms with van der Waals surface area (Å²) in [6.45, 7) is -0.0151. The third-order valence-electron chi connectivity index (χ3n) is 2.56. The van der Waals surface area contributed by atoms with Crippen LogP contribution in [-0.4, -0.2) is 10.1 Å². The van der Waals surface area contributed by atoms with Crippen molar-refractivity contribution >= 4 is 5.69 Å². The minimum atomic E-state index is -0.484. The topological polar surface area (TPSA) is 45.2 Å². The molecule has 1 aromatic heterocycles. The highest BCUT2D eigenvalue weighted by Gasteiger charge is 2.05. The van der Waals surface area contributed by atoms with Crippen LogP contribution >= 0.6 is 0 Å². The first-order valence-electron chi connectivity index (χ1n) is 5.42. The van der Waals surface area contributed by atoms with Gasteiger partial charge in [-0.2, -0.15) is 0 Å². The van der Waals surface area contributed by atoms with Crippen LogP contribution in [0.15, 0.2) is 36.7 Å². The summed E-state index contributed by atoms with van der Waals surface area (Å²) >= 11 is 0. The Bertz CT molecular complexity index is 546. The zero-order valence-corrected chi connectivity index (χ0v) is 9.53. The third-order valence-corrected chi connectivity index (χ3v) is 2.56. The number of pyridine rings is 1. The zero-order valence-electron chi connectivity index (χ0n) is 9.53. The van der Waals surface area contributed by atoms with Crippen LogP contribution in [0.2, 0.25) is 0 Å². The Hall–Kier alpha value is -2.01. The molecule has 1 heterocycles. The van der Waals surface area contributed by atoms with Crippen molar-refractivity contribution in [3.8, 4) is 0 Å². The monoisotopic (exact) mass is 250 g/mol. The Kier molecular flexibility index (Phi) is 3.84. The summed E-state index contributed by atoms with van der Waals surface area (Å²) in [4.78, 5) is 3.90. The first-order chi connectivity index (χ1) is 8.70. The lowest BCUT2D eigenvalue weighted by atomic mass is 10.2. The molecule has 5 heteroatoms. The average Bonchev–Trinajstić information content (AvgIpc) is 2.40. The van der Waals surface area contributed by atoms with Crippen molar-refractivity contribution in [3.63, 3.8) is 0 Å². The fourth-order valence-corrected chi connectivity index (χ4v) is 1.59. The summed E-state index contributed by atoms with van der Waals surface area (Å²) in [7, 11) is 0. The highest BCUT2D eigenvalue weighted by Crippen LogP contribution is 2.16. The van der Waals surface area contributed by atoms with Crippen LogP contribution in [-0.2, 0) is 13.2 Å². The van der Waals surface area contributed by atoms with E-state index in [1.165, 1.54) is 6.20 Å². The highest BCUT2D eigenvalue weighted by molar-refractivity contribution is 5.48. The van der Waals surface area contributed by atoms with E-state index < -0.39 is 11.6 Å². The van der Waals surface area contributed by atoms with Gasteiger partial charge in [0, 0.05) is 23.9 Å². The van der Waals surface area contributed by atoms with E-state index in [0.717, 1.165) is 18.2 Å². The second-order valence-electron chi connectivity index (χ2n) is 3.78. The summed E-state index contributed by atoms with van der Waals surface area (Å²) in [5.74, 6) is -0.958. The first kappa shape index (κ1) is 12.4. The number of aliphatic hydroxyl groups excluding tert-OH is 1. The first-order valence-corrected chi connectivity index (χ1v) is 5.42. The van der Waals surface area contributed by atoms with Gasteiger partial charge in [-0.3, -0.25) is 4.98 Å². The molecule has 18 heavy (non-hydrogen) atoms. The van der Waals surface area contributed by atoms with Gasteiger partial charge in [-0.25, -0.2) is 8.78 Å². The number of aromatic nitrogens is 1. The molecule has 0 spiro atoms. The van der Waals surface area contributed by atoms with Crippen molar-refractivity contribution in [1.29, 1.82) is 0 Å². The SMILES string of the molecule is OCc1ccncc1NCc1cc(F)ccc1F. The predicted molar refractivity (Wildman–Crippen MR) is 63.8 cm³/mol. The molecule has 0 radical (unpaired) electrons. The van der Waals surface area contributed by atoms with Crippen LogP contribution < -0.4 is 5.32 Å². The van der Waals surface area contributed by atoms with Gasteiger partial charge in [-0.05, 0) is 24.3 Å². The maximum absolute atomic E-state index is 13.4. The molecule has 3 nitrogen and oxygen atoms in total. The van der Waals surface area contributed by atoms with Gasteiger partial charge < -0.3 is 10.4 Å². The molecule has 0 bridgehead atoms. The number of rotatable bonds is 4. The van der Waals surface area contributed by atoms with Gasteiger partial charge in [-0.1, -0.05) is 0 Å². The molecule has 0 aliphatic carbocycles. The van der Waals surface area contributed by atoms with Gasteiger partial charge in [0.2, 0.25) is 0 Å². The van der Waals surface area contributed by atoms with Crippen LogP contribution in [0.25, 0.3) is 0 Å². The standard InChI is InChI=1S/C13H12F2N2O/c14-11-1-2-12(15)10(5-11)6-17-13-7-16-4-3-9(13)8-18/h1-5,7,17-18H,6,8H2. The molecule has 0 amide bonds. The van der Waals surface area contributed by atoms with E-state index in [0.29, 0.717) is 11.3 Å². The van der Waals surface area contributed by atoms with Crippen LogP contribution in [0.1, 0.15) is 11.1 Å². The molecule has 0 saturated heterocycles. The fraction of sp³-hybridized carbons (Fsp3) is 0.154. The van der Waals surface area contributed by atoms with Gasteiger partial charge in [-0.15, -0.1) is 0 Å². The number of hydrogen-bond donors (Lipinski definition) is 2. The van der Waals surface area contributed by atoms with Crippen molar-refractivity contribution in [2.75, 3.05) is 5.32 Å². The molecule has 0 saturated carbocycles. The van der Waals surface area contributed by atoms with Crippen molar-refractivity contribution in [3.05, 3.63) is 59.4 Å². The van der Waals surface area contributed by atoms with Crippen LogP contribution in [0.3, 0.4) is 0 Å². The van der Waals surface area contributed by atoms with Gasteiger partial charge in [0.25, 0.3) is 0 Å². The number of anilines is 1. The molecule has 2 rings (SSSR count). The molecule has 94 valence electrons. The largest absolute Gasteiger partial charge is 0.392 e. The quantitative estimate of drug-likeness (QED) is 0.876. The van der Waals surface area contributed by atoms with E-state index in [-0.39, 0.29) is 18.7 Å². The summed E-state index contributed by atoms with van der Waals surface area (Å²) < 4.78 is 26.4. The maximum atomic E-state index is 13.4. The van der Waals surface area contributed by atoms with Gasteiger partial charge in [0.15, 0.2) is 0 Å². The van der Waals surface area contributed by atoms with Gasteiger partial charge in [0.05, 0.1) is 18.5 Å². The zero-order chi connectivity index (χ0) is 13.0. The lowest BCUT2D eigenvalue weighted by molar-refractivity contribution is 0.282. The van der Waals surface area contributed by atoms with Crippen molar-refractivity contribution in [2.24, 2.45) is 0 Å². The molecule has 0 fully saturated rings. The molecule has 0 aliphatic heterocycles. The molecule has 0 aliphatic rings. The minimum Gasteiger partial charge on any atom is -0.392 e. The summed E-state index contributed by atoms with van der Waals surface area (Å²) in [6, 6.07) is 4.95. The number of benzene rings is 1. The Labute approximate surface area is 103 Å². The Morgan fingerprint density at radius 3 is 2.78 bits per heavy atom. The van der Waals surface area contributed by atoms with Crippen molar-refractivity contribution < 1.29 is 13.9 Å². The highest BCUT2D eigenvalue weighted by atomic mass is 19.1. The second kappa shape index (κ2) is 5.55. The smallest absolute Gasteiger partial charge is 0.128 e. The maximum Gasteiger partial charge on any atom is 0.128 e. The van der Waals surface area contributed by atoms with E-state index in [1.807, 2.05) is 0 Å². The molecular formula is C13H12F2N2O. The number of aliphatic hydroxyl groups is 1. The van der Waals surface area contributed by atoms with Crippen molar-refractivity contribution in [1.82, 2.24) is 4.98 Å². The van der Waals surface area contributed by atoms with Crippen LogP contribution in [0.4, 0.5) is 14.5 Å². The van der Waals surface area contributed by atoms with E-state index in [9.17, 15) is 8.78 Å². The second-order valence-corrected chi connectivity index (χ2v) is 3.78. The third kappa shape index (κ3) is 2.81. The Balaban J connectivity index is 2.14. The van der Waals surface area contributed by atoms with E-state index in [4.69, 9.17) is 5.11 Å². The molecular weight excluding hydrogens is 238 g/mol. The summed E-state index contributed by atoms with van der Waals surface area (Å²) in [5, 5.41) is 12.0. The minimum absolute atomic E-state index is 0.127.